The molecule has 70 valence electrons. The number of aromatic nitrogens is 1. The molecule has 1 aliphatic heterocycles. The molecule has 0 unspecified atom stereocenters. The Kier molecular flexibility index (Phi) is 2.60. The van der Waals surface area contributed by atoms with E-state index in [0.717, 1.165) is 6.54 Å². The van der Waals surface area contributed by atoms with Crippen molar-refractivity contribution in [1.82, 2.24) is 9.88 Å². The van der Waals surface area contributed by atoms with Crippen molar-refractivity contribution in [2.45, 2.75) is 18.8 Å². The summed E-state index contributed by atoms with van der Waals surface area (Å²) in [5.41, 5.74) is 1.26. The highest BCUT2D eigenvalue weighted by Gasteiger charge is 2.19. The molecule has 0 bridgehead atoms. The maximum Gasteiger partial charge on any atom is 0.0447 e. The monoisotopic (exact) mass is 176 g/mol. The van der Waals surface area contributed by atoms with Gasteiger partial charge in [0.15, 0.2) is 0 Å². The molecular weight excluding hydrogens is 160 g/mol. The van der Waals surface area contributed by atoms with E-state index in [9.17, 15) is 0 Å². The molecule has 0 N–H and O–H groups in total. The predicted molar refractivity (Wildman–Crippen MR) is 53.7 cm³/mol. The van der Waals surface area contributed by atoms with Crippen molar-refractivity contribution in [2.75, 3.05) is 20.1 Å². The number of hydrogen-bond acceptors (Lipinski definition) is 2. The SMILES string of the molecule is CN1CCC[C@H](c2ccccn2)C1. The van der Waals surface area contributed by atoms with Crippen LogP contribution in [0.15, 0.2) is 24.4 Å². The molecule has 1 saturated heterocycles. The van der Waals surface area contributed by atoms with Gasteiger partial charge in [0.25, 0.3) is 0 Å². The highest BCUT2D eigenvalue weighted by atomic mass is 15.1. The molecule has 1 atom stereocenters. The standard InChI is InChI=1S/C11H16N2/c1-13-8-4-5-10(9-13)11-6-2-3-7-12-11/h2-3,6-7,10H,4-5,8-9H2,1H3/t10-/m0/s1. The van der Waals surface area contributed by atoms with E-state index in [1.807, 2.05) is 12.3 Å². The van der Waals surface area contributed by atoms with Crippen LogP contribution in [0.5, 0.6) is 0 Å². The fraction of sp³-hybridized carbons (Fsp3) is 0.545. The zero-order valence-corrected chi connectivity index (χ0v) is 8.11. The molecule has 0 aromatic carbocycles. The summed E-state index contributed by atoms with van der Waals surface area (Å²) in [6.45, 7) is 2.40. The van der Waals surface area contributed by atoms with Gasteiger partial charge in [-0.2, -0.15) is 0 Å². The molecule has 2 heteroatoms. The highest BCUT2D eigenvalue weighted by Crippen LogP contribution is 2.23. The fourth-order valence-electron chi connectivity index (χ4n) is 2.03. The van der Waals surface area contributed by atoms with Crippen LogP contribution in [0.1, 0.15) is 24.5 Å². The summed E-state index contributed by atoms with van der Waals surface area (Å²) in [5, 5.41) is 0. The molecule has 1 aromatic heterocycles. The summed E-state index contributed by atoms with van der Waals surface area (Å²) in [6.07, 6.45) is 4.49. The Bertz CT molecular complexity index is 258. The van der Waals surface area contributed by atoms with Gasteiger partial charge in [-0.15, -0.1) is 0 Å². The molecule has 1 aliphatic rings. The first-order valence-electron chi connectivity index (χ1n) is 4.96. The zero-order chi connectivity index (χ0) is 9.10. The Labute approximate surface area is 79.6 Å². The van der Waals surface area contributed by atoms with Gasteiger partial charge in [0.1, 0.15) is 0 Å². The Morgan fingerprint density at radius 3 is 3.08 bits per heavy atom. The molecule has 13 heavy (non-hydrogen) atoms. The van der Waals surface area contributed by atoms with E-state index in [1.54, 1.807) is 0 Å². The number of nitrogens with zero attached hydrogens (tertiary/aromatic N) is 2. The van der Waals surface area contributed by atoms with Crippen LogP contribution in [-0.4, -0.2) is 30.0 Å². The van der Waals surface area contributed by atoms with Gasteiger partial charge in [-0.1, -0.05) is 6.07 Å². The summed E-state index contributed by atoms with van der Waals surface area (Å²) in [7, 11) is 2.19. The van der Waals surface area contributed by atoms with Gasteiger partial charge in [-0.25, -0.2) is 0 Å². The second-order valence-corrected chi connectivity index (χ2v) is 3.86. The summed E-state index contributed by atoms with van der Waals surface area (Å²) >= 11 is 0. The van der Waals surface area contributed by atoms with Crippen molar-refractivity contribution in [3.8, 4) is 0 Å². The number of pyridine rings is 1. The van der Waals surface area contributed by atoms with Crippen molar-refractivity contribution in [2.24, 2.45) is 0 Å². The summed E-state index contributed by atoms with van der Waals surface area (Å²) in [5.74, 6) is 0.653. The van der Waals surface area contributed by atoms with E-state index in [1.165, 1.54) is 25.1 Å². The second-order valence-electron chi connectivity index (χ2n) is 3.86. The van der Waals surface area contributed by atoms with E-state index in [0.29, 0.717) is 5.92 Å². The first-order valence-corrected chi connectivity index (χ1v) is 4.96. The van der Waals surface area contributed by atoms with Crippen LogP contribution < -0.4 is 0 Å². The molecule has 1 aromatic rings. The predicted octanol–water partition coefficient (Wildman–Crippen LogP) is 1.89. The Morgan fingerprint density at radius 1 is 1.46 bits per heavy atom. The first kappa shape index (κ1) is 8.70. The van der Waals surface area contributed by atoms with Gasteiger partial charge in [0, 0.05) is 24.4 Å². The highest BCUT2D eigenvalue weighted by molar-refractivity contribution is 5.10. The van der Waals surface area contributed by atoms with Crippen molar-refractivity contribution in [1.29, 1.82) is 0 Å². The molecular formula is C11H16N2. The molecule has 0 amide bonds. The Balaban J connectivity index is 2.08. The van der Waals surface area contributed by atoms with Gasteiger partial charge in [0.05, 0.1) is 0 Å². The minimum Gasteiger partial charge on any atom is -0.306 e. The summed E-state index contributed by atoms with van der Waals surface area (Å²) in [6, 6.07) is 6.21. The molecule has 2 heterocycles. The van der Waals surface area contributed by atoms with Crippen molar-refractivity contribution in [3.63, 3.8) is 0 Å². The molecule has 2 rings (SSSR count). The van der Waals surface area contributed by atoms with E-state index in [4.69, 9.17) is 0 Å². The van der Waals surface area contributed by atoms with E-state index in [2.05, 4.69) is 29.1 Å². The minimum atomic E-state index is 0.653. The third-order valence-corrected chi connectivity index (χ3v) is 2.73. The molecule has 0 saturated carbocycles. The topological polar surface area (TPSA) is 16.1 Å². The third-order valence-electron chi connectivity index (χ3n) is 2.73. The van der Waals surface area contributed by atoms with E-state index in [-0.39, 0.29) is 0 Å². The minimum absolute atomic E-state index is 0.653. The molecule has 1 fully saturated rings. The molecule has 2 nitrogen and oxygen atoms in total. The molecule has 0 aliphatic carbocycles. The van der Waals surface area contributed by atoms with Crippen molar-refractivity contribution < 1.29 is 0 Å². The number of likely N-dealkylation sites (tertiary alicyclic amines) is 1. The van der Waals surface area contributed by atoms with Gasteiger partial charge >= 0.3 is 0 Å². The number of hydrogen-bond donors (Lipinski definition) is 0. The van der Waals surface area contributed by atoms with Gasteiger partial charge < -0.3 is 4.90 Å². The number of rotatable bonds is 1. The van der Waals surface area contributed by atoms with Crippen LogP contribution in [0, 0.1) is 0 Å². The van der Waals surface area contributed by atoms with Crippen LogP contribution in [0.2, 0.25) is 0 Å². The fourth-order valence-corrected chi connectivity index (χ4v) is 2.03. The van der Waals surface area contributed by atoms with Gasteiger partial charge in [0.2, 0.25) is 0 Å². The van der Waals surface area contributed by atoms with Crippen LogP contribution in [0.4, 0.5) is 0 Å². The summed E-state index contributed by atoms with van der Waals surface area (Å²) in [4.78, 5) is 6.80. The summed E-state index contributed by atoms with van der Waals surface area (Å²) < 4.78 is 0. The lowest BCUT2D eigenvalue weighted by molar-refractivity contribution is 0.248. The largest absolute Gasteiger partial charge is 0.306 e. The molecule has 0 radical (unpaired) electrons. The van der Waals surface area contributed by atoms with Crippen LogP contribution in [-0.2, 0) is 0 Å². The van der Waals surface area contributed by atoms with Crippen LogP contribution in [0.25, 0.3) is 0 Å². The molecule has 0 spiro atoms. The smallest absolute Gasteiger partial charge is 0.0447 e. The van der Waals surface area contributed by atoms with Gasteiger partial charge in [-0.05, 0) is 38.6 Å². The van der Waals surface area contributed by atoms with Crippen LogP contribution >= 0.6 is 0 Å². The lowest BCUT2D eigenvalue weighted by Crippen LogP contribution is -2.31. The quantitative estimate of drug-likeness (QED) is 0.649. The maximum atomic E-state index is 4.41. The average molecular weight is 176 g/mol. The van der Waals surface area contributed by atoms with Gasteiger partial charge in [-0.3, -0.25) is 4.98 Å². The van der Waals surface area contributed by atoms with E-state index < -0.39 is 0 Å². The number of likely N-dealkylation sites (N-methyl/N-ethyl adjacent to an activating group) is 1. The maximum absolute atomic E-state index is 4.41. The van der Waals surface area contributed by atoms with Crippen LogP contribution in [0.3, 0.4) is 0 Å². The normalized spacial score (nSPS) is 24.5. The average Bonchev–Trinajstić information content (AvgIpc) is 2.19. The number of piperidine rings is 1. The second kappa shape index (κ2) is 3.88. The van der Waals surface area contributed by atoms with Crippen molar-refractivity contribution >= 4 is 0 Å². The third kappa shape index (κ3) is 2.07. The zero-order valence-electron chi connectivity index (χ0n) is 8.11. The first-order chi connectivity index (χ1) is 6.36. The van der Waals surface area contributed by atoms with Crippen molar-refractivity contribution in [3.05, 3.63) is 30.1 Å². The van der Waals surface area contributed by atoms with E-state index >= 15 is 0 Å². The lowest BCUT2D eigenvalue weighted by atomic mass is 9.95. The Hall–Kier alpha value is -0.890. The Morgan fingerprint density at radius 2 is 2.38 bits per heavy atom. The lowest BCUT2D eigenvalue weighted by Gasteiger charge is -2.29.